The molecule has 2 aliphatic rings. The van der Waals surface area contributed by atoms with Gasteiger partial charge in [-0.05, 0) is 95.1 Å². The van der Waals surface area contributed by atoms with Gasteiger partial charge in [0, 0.05) is 22.5 Å². The molecule has 0 bridgehead atoms. The van der Waals surface area contributed by atoms with Crippen molar-refractivity contribution < 1.29 is 75.1 Å². The smallest absolute Gasteiger partial charge is 0.311 e. The number of fused-ring (bicyclic) bond motifs is 2. The number of ketones is 2. The van der Waals surface area contributed by atoms with Crippen molar-refractivity contribution >= 4 is 113 Å². The summed E-state index contributed by atoms with van der Waals surface area (Å²) < 4.78 is 70.1. The molecule has 26 heteroatoms. The Labute approximate surface area is 392 Å². The van der Waals surface area contributed by atoms with Crippen LogP contribution in [0.2, 0.25) is 0 Å². The first-order valence-corrected chi connectivity index (χ1v) is 22.7. The highest BCUT2D eigenvalue weighted by atomic mass is 32.2. The fraction of sp³-hybridized carbons (Fsp3) is 0.0909. The van der Waals surface area contributed by atoms with Gasteiger partial charge in [-0.2, -0.15) is 27.0 Å². The van der Waals surface area contributed by atoms with E-state index in [1.165, 1.54) is 84.9 Å². The summed E-state index contributed by atoms with van der Waals surface area (Å²) in [7, 11) is -10.3. The summed E-state index contributed by atoms with van der Waals surface area (Å²) >= 11 is 0. The van der Waals surface area contributed by atoms with Crippen molar-refractivity contribution in [1.29, 1.82) is 0 Å². The second kappa shape index (κ2) is 19.0. The molecule has 5 aromatic carbocycles. The first-order valence-electron chi connectivity index (χ1n) is 19.8. The molecule has 70 heavy (non-hydrogen) atoms. The van der Waals surface area contributed by atoms with E-state index in [0.717, 1.165) is 12.2 Å². The van der Waals surface area contributed by atoms with Crippen LogP contribution in [0, 0.1) is 0 Å². The van der Waals surface area contributed by atoms with Crippen LogP contribution in [-0.4, -0.2) is 93.2 Å². The van der Waals surface area contributed by atoms with Gasteiger partial charge < -0.3 is 31.1 Å². The minimum atomic E-state index is -5.13. The molecule has 358 valence electrons. The lowest BCUT2D eigenvalue weighted by Crippen LogP contribution is -2.36. The zero-order valence-electron chi connectivity index (χ0n) is 35.1. The van der Waals surface area contributed by atoms with E-state index in [1.807, 2.05) is 0 Å². The Hall–Kier alpha value is -8.98. The molecule has 0 saturated heterocycles. The number of nitrogens with zero attached hydrogens (tertiary/aromatic N) is 2. The van der Waals surface area contributed by atoms with Gasteiger partial charge >= 0.3 is 23.9 Å². The molecule has 2 aliphatic carbocycles. The first-order chi connectivity index (χ1) is 32.9. The zero-order valence-corrected chi connectivity index (χ0v) is 36.7. The lowest BCUT2D eigenvalue weighted by atomic mass is 9.94. The molecule has 7 rings (SSSR count). The average molecular weight is 997 g/mol. The third-order valence-electron chi connectivity index (χ3n) is 10.6. The SMILES string of the molecule is O=C(O)CC(C(=O)O)c1ccc(N/N=C2\C(=O)c3ccc(Nc4c(Nc5ccc6c(c5)C=C(S(=O)(=O)O)/C(=N/Nc5ccc(C(CC(=O)O)C(=O)O)cc5)C6=O)c(=O)c4=O)cc3C=C2S(=O)(=O)O)cc1. The van der Waals surface area contributed by atoms with Gasteiger partial charge in [-0.1, -0.05) is 24.3 Å². The van der Waals surface area contributed by atoms with Crippen molar-refractivity contribution in [3.05, 3.63) is 149 Å². The molecule has 24 nitrogen and oxygen atoms in total. The molecule has 5 aromatic rings. The number of hydrogen-bond donors (Lipinski definition) is 10. The van der Waals surface area contributed by atoms with Crippen molar-refractivity contribution in [2.24, 2.45) is 10.2 Å². The van der Waals surface area contributed by atoms with Crippen LogP contribution in [0.15, 0.2) is 115 Å². The van der Waals surface area contributed by atoms with Crippen LogP contribution >= 0.6 is 0 Å². The Balaban J connectivity index is 1.10. The quantitative estimate of drug-likeness (QED) is 0.0338. The number of Topliss-reactive ketones (excluding diaryl/α,β-unsaturated/α-hetero) is 2. The molecule has 0 spiro atoms. The van der Waals surface area contributed by atoms with Gasteiger partial charge in [0.25, 0.3) is 31.1 Å². The van der Waals surface area contributed by atoms with E-state index in [0.29, 0.717) is 0 Å². The molecular weight excluding hydrogens is 965 g/mol. The molecule has 0 aliphatic heterocycles. The number of nitrogens with one attached hydrogen (secondary N) is 4. The maximum Gasteiger partial charge on any atom is 0.311 e. The Morgan fingerprint density at radius 1 is 0.500 bits per heavy atom. The number of carboxylic acids is 4. The van der Waals surface area contributed by atoms with Gasteiger partial charge in [0.1, 0.15) is 21.2 Å². The molecule has 10 N–H and O–H groups in total. The van der Waals surface area contributed by atoms with Gasteiger partial charge in [-0.3, -0.25) is 58.3 Å². The number of carbonyl (C=O) groups excluding carboxylic acids is 2. The highest BCUT2D eigenvalue weighted by Crippen LogP contribution is 2.33. The van der Waals surface area contributed by atoms with E-state index in [9.17, 15) is 74.5 Å². The van der Waals surface area contributed by atoms with Crippen LogP contribution in [0.5, 0.6) is 0 Å². The zero-order chi connectivity index (χ0) is 51.0. The van der Waals surface area contributed by atoms with Gasteiger partial charge in [0.05, 0.1) is 36.1 Å². The summed E-state index contributed by atoms with van der Waals surface area (Å²) in [6.07, 6.45) is 0.434. The van der Waals surface area contributed by atoms with Crippen LogP contribution in [0.25, 0.3) is 12.2 Å². The third kappa shape index (κ3) is 10.3. The molecule has 0 fully saturated rings. The second-order valence-electron chi connectivity index (χ2n) is 15.3. The van der Waals surface area contributed by atoms with Gasteiger partial charge in [-0.25, -0.2) is 0 Å². The fourth-order valence-electron chi connectivity index (χ4n) is 7.22. The Kier molecular flexibility index (Phi) is 13.3. The Morgan fingerprint density at radius 3 is 1.13 bits per heavy atom. The topological polar surface area (TPSA) is 399 Å². The van der Waals surface area contributed by atoms with Crippen LogP contribution < -0.4 is 32.3 Å². The van der Waals surface area contributed by atoms with E-state index in [2.05, 4.69) is 31.7 Å². The molecule has 0 aromatic heterocycles. The minimum Gasteiger partial charge on any atom is -0.481 e. The van der Waals surface area contributed by atoms with E-state index < -0.39 is 112 Å². The lowest BCUT2D eigenvalue weighted by Gasteiger charge is -2.20. The Bertz CT molecular complexity index is 3300. The predicted octanol–water partition coefficient (Wildman–Crippen LogP) is 3.84. The highest BCUT2D eigenvalue weighted by Gasteiger charge is 2.35. The molecule has 2 unspecified atom stereocenters. The summed E-state index contributed by atoms with van der Waals surface area (Å²) in [5, 5.41) is 50.1. The van der Waals surface area contributed by atoms with Gasteiger partial charge in [0.15, 0.2) is 11.4 Å². The van der Waals surface area contributed by atoms with E-state index in [1.54, 1.807) is 0 Å². The van der Waals surface area contributed by atoms with Crippen molar-refractivity contribution in [1.82, 2.24) is 0 Å². The van der Waals surface area contributed by atoms with Crippen molar-refractivity contribution in [3.8, 4) is 0 Å². The Morgan fingerprint density at radius 2 is 0.829 bits per heavy atom. The van der Waals surface area contributed by atoms with Crippen molar-refractivity contribution in [3.63, 3.8) is 0 Å². The number of hydrazone groups is 2. The number of aliphatic carboxylic acids is 4. The van der Waals surface area contributed by atoms with Crippen molar-refractivity contribution in [2.75, 3.05) is 21.5 Å². The fourth-order valence-corrected chi connectivity index (χ4v) is 8.54. The molecule has 0 saturated carbocycles. The number of anilines is 6. The number of benzene rings is 4. The number of rotatable bonds is 18. The van der Waals surface area contributed by atoms with Gasteiger partial charge in [0.2, 0.25) is 11.6 Å². The maximum atomic E-state index is 13.6. The molecule has 2 atom stereocenters. The standard InChI is InChI=1S/C44H32N6O18S2/c51-33(52)17-29(43(59)60)19-1-5-23(6-2-19)47-49-35-31(69(63,64)65)15-21-13-25(9-11-27(21)39(35)55)45-37-38(42(58)41(37)57)46-26-10-12-28-22(14-26)16-32(70(66,67)68)36(40(28)56)50-48-24-7-3-20(4-8-24)30(44(61)62)18-34(53)54/h1-16,29-30,45-48H,17-18H2,(H,51,52)(H,53,54)(H,59,60)(H,61,62)(H,63,64,65)(H,66,67,68)/b49-35-,50-36-. The summed E-state index contributed by atoms with van der Waals surface area (Å²) in [6, 6.07) is 17.9. The molecule has 0 heterocycles. The van der Waals surface area contributed by atoms with Crippen molar-refractivity contribution in [2.45, 2.75) is 24.7 Å². The van der Waals surface area contributed by atoms with E-state index in [4.69, 9.17) is 10.2 Å². The summed E-state index contributed by atoms with van der Waals surface area (Å²) in [5.41, 5.74) is 1.01. The van der Waals surface area contributed by atoms with Crippen LogP contribution in [0.1, 0.15) is 67.6 Å². The van der Waals surface area contributed by atoms with E-state index >= 15 is 0 Å². The van der Waals surface area contributed by atoms with Gasteiger partial charge in [-0.15, -0.1) is 0 Å². The molecular formula is C44H32N6O18S2. The van der Waals surface area contributed by atoms with Crippen LogP contribution in [0.3, 0.4) is 0 Å². The van der Waals surface area contributed by atoms with E-state index in [-0.39, 0.29) is 67.5 Å². The summed E-state index contributed by atoms with van der Waals surface area (Å²) in [5.74, 6) is -10.2. The predicted molar refractivity (Wildman–Crippen MR) is 249 cm³/mol. The summed E-state index contributed by atoms with van der Waals surface area (Å²) in [6.45, 7) is 0. The average Bonchev–Trinajstić information content (AvgIpc) is 3.29. The van der Waals surface area contributed by atoms with Crippen LogP contribution in [-0.2, 0) is 39.4 Å². The maximum absolute atomic E-state index is 13.6. The highest BCUT2D eigenvalue weighted by molar-refractivity contribution is 7.91. The number of allylic oxidation sites excluding steroid dienone is 2. The number of carboxylic acid groups (broad SMARTS) is 4. The largest absolute Gasteiger partial charge is 0.481 e. The molecule has 0 amide bonds. The first kappa shape index (κ1) is 48.9. The third-order valence-corrected chi connectivity index (χ3v) is 12.4. The normalized spacial score (nSPS) is 15.5. The molecule has 0 radical (unpaired) electrons. The monoisotopic (exact) mass is 996 g/mol. The number of hydrogen-bond acceptors (Lipinski definition) is 18. The number of carbonyl (C=O) groups is 6. The lowest BCUT2D eigenvalue weighted by molar-refractivity contribution is -0.145. The summed E-state index contributed by atoms with van der Waals surface area (Å²) in [4.78, 5) is 96.3. The second-order valence-corrected chi connectivity index (χ2v) is 18.0. The minimum absolute atomic E-state index is 0.0459. The van der Waals surface area contributed by atoms with Crippen LogP contribution in [0.4, 0.5) is 34.1 Å².